The molecule has 1 fully saturated rings. The smallest absolute Gasteiger partial charge is 0.246 e. The van der Waals surface area contributed by atoms with E-state index in [0.717, 1.165) is 19.3 Å². The SMILES string of the molecule is CCC1(C)CCN(S(=O)(=O)c2cnccc2Cl)CC1. The Hall–Kier alpha value is -0.650. The van der Waals surface area contributed by atoms with Gasteiger partial charge in [-0.15, -0.1) is 0 Å². The van der Waals surface area contributed by atoms with Gasteiger partial charge in [-0.25, -0.2) is 8.42 Å². The van der Waals surface area contributed by atoms with Gasteiger partial charge in [0.05, 0.1) is 5.02 Å². The zero-order valence-electron chi connectivity index (χ0n) is 11.3. The molecule has 0 bridgehead atoms. The minimum Gasteiger partial charge on any atom is -0.263 e. The zero-order valence-corrected chi connectivity index (χ0v) is 12.8. The monoisotopic (exact) mass is 302 g/mol. The van der Waals surface area contributed by atoms with Crippen molar-refractivity contribution in [1.29, 1.82) is 0 Å². The number of halogens is 1. The number of nitrogens with zero attached hydrogens (tertiary/aromatic N) is 2. The summed E-state index contributed by atoms with van der Waals surface area (Å²) in [4.78, 5) is 3.97. The first-order valence-corrected chi connectivity index (χ1v) is 8.30. The third kappa shape index (κ3) is 2.93. The van der Waals surface area contributed by atoms with E-state index in [9.17, 15) is 8.42 Å². The van der Waals surface area contributed by atoms with E-state index >= 15 is 0 Å². The molecule has 0 aromatic carbocycles. The zero-order chi connectivity index (χ0) is 14.1. The maximum Gasteiger partial charge on any atom is 0.246 e. The molecule has 0 aliphatic carbocycles. The Morgan fingerprint density at radius 3 is 2.58 bits per heavy atom. The van der Waals surface area contributed by atoms with Gasteiger partial charge in [0.25, 0.3) is 0 Å². The first-order chi connectivity index (χ1) is 8.89. The summed E-state index contributed by atoms with van der Waals surface area (Å²) in [5.74, 6) is 0. The minimum atomic E-state index is -3.51. The molecule has 2 rings (SSSR count). The molecule has 0 saturated carbocycles. The topological polar surface area (TPSA) is 50.3 Å². The van der Waals surface area contributed by atoms with Gasteiger partial charge in [-0.3, -0.25) is 4.98 Å². The highest BCUT2D eigenvalue weighted by Gasteiger charge is 2.35. The van der Waals surface area contributed by atoms with Crippen molar-refractivity contribution in [3.8, 4) is 0 Å². The first-order valence-electron chi connectivity index (χ1n) is 6.49. The molecule has 1 aliphatic heterocycles. The maximum atomic E-state index is 12.5. The standard InChI is InChI=1S/C13H19ClN2O2S/c1-3-13(2)5-8-16(9-6-13)19(17,18)12-10-15-7-4-11(12)14/h4,7,10H,3,5-6,8-9H2,1-2H3. The second-order valence-electron chi connectivity index (χ2n) is 5.37. The molecule has 0 spiro atoms. The predicted octanol–water partition coefficient (Wildman–Crippen LogP) is 2.94. The Bertz CT molecular complexity index is 552. The fourth-order valence-corrected chi connectivity index (χ4v) is 4.16. The normalized spacial score (nSPS) is 20.4. The highest BCUT2D eigenvalue weighted by molar-refractivity contribution is 7.89. The summed E-state index contributed by atoms with van der Waals surface area (Å²) < 4.78 is 26.5. The van der Waals surface area contributed by atoms with Crippen LogP contribution in [0, 0.1) is 5.41 Å². The van der Waals surface area contributed by atoms with Crippen molar-refractivity contribution < 1.29 is 8.42 Å². The van der Waals surface area contributed by atoms with Gasteiger partial charge < -0.3 is 0 Å². The Labute approximate surface area is 119 Å². The number of aromatic nitrogens is 1. The van der Waals surface area contributed by atoms with E-state index in [1.54, 1.807) is 0 Å². The largest absolute Gasteiger partial charge is 0.263 e. The first kappa shape index (κ1) is 14.8. The van der Waals surface area contributed by atoms with Crippen LogP contribution in [0.4, 0.5) is 0 Å². The van der Waals surface area contributed by atoms with Gasteiger partial charge in [-0.05, 0) is 24.3 Å². The van der Waals surface area contributed by atoms with Crippen LogP contribution in [0.15, 0.2) is 23.4 Å². The van der Waals surface area contributed by atoms with Gasteiger partial charge in [0.2, 0.25) is 10.0 Å². The molecule has 1 saturated heterocycles. The van der Waals surface area contributed by atoms with Gasteiger partial charge in [0.15, 0.2) is 0 Å². The lowest BCUT2D eigenvalue weighted by molar-refractivity contribution is 0.169. The van der Waals surface area contributed by atoms with Crippen LogP contribution in [-0.2, 0) is 10.0 Å². The fourth-order valence-electron chi connectivity index (χ4n) is 2.31. The second kappa shape index (κ2) is 5.38. The van der Waals surface area contributed by atoms with E-state index in [4.69, 9.17) is 11.6 Å². The van der Waals surface area contributed by atoms with Crippen LogP contribution in [-0.4, -0.2) is 30.8 Å². The van der Waals surface area contributed by atoms with Crippen LogP contribution in [0.25, 0.3) is 0 Å². The lowest BCUT2D eigenvalue weighted by atomic mass is 9.79. The minimum absolute atomic E-state index is 0.108. The molecule has 106 valence electrons. The predicted molar refractivity (Wildman–Crippen MR) is 75.6 cm³/mol. The van der Waals surface area contributed by atoms with Crippen LogP contribution in [0.1, 0.15) is 33.1 Å². The number of rotatable bonds is 3. The van der Waals surface area contributed by atoms with Crippen molar-refractivity contribution >= 4 is 21.6 Å². The van der Waals surface area contributed by atoms with E-state index in [2.05, 4.69) is 18.8 Å². The van der Waals surface area contributed by atoms with Crippen LogP contribution in [0.5, 0.6) is 0 Å². The van der Waals surface area contributed by atoms with Gasteiger partial charge in [-0.2, -0.15) is 4.31 Å². The van der Waals surface area contributed by atoms with Crippen molar-refractivity contribution in [2.75, 3.05) is 13.1 Å². The molecule has 0 unspecified atom stereocenters. The van der Waals surface area contributed by atoms with Gasteiger partial charge in [0, 0.05) is 25.5 Å². The van der Waals surface area contributed by atoms with Crippen LogP contribution in [0.2, 0.25) is 5.02 Å². The summed E-state index contributed by atoms with van der Waals surface area (Å²) in [5.41, 5.74) is 0.255. The van der Waals surface area contributed by atoms with E-state index in [1.165, 1.54) is 22.8 Å². The van der Waals surface area contributed by atoms with Gasteiger partial charge >= 0.3 is 0 Å². The molecule has 1 aromatic heterocycles. The molecule has 6 heteroatoms. The summed E-state index contributed by atoms with van der Waals surface area (Å²) in [7, 11) is -3.51. The van der Waals surface area contributed by atoms with E-state index in [1.807, 2.05) is 0 Å². The number of hydrogen-bond donors (Lipinski definition) is 0. The third-order valence-corrected chi connectivity index (χ3v) is 6.50. The molecule has 1 aliphatic rings. The molecule has 4 nitrogen and oxygen atoms in total. The maximum absolute atomic E-state index is 12.5. The average Bonchev–Trinajstić information content (AvgIpc) is 2.39. The number of piperidine rings is 1. The third-order valence-electron chi connectivity index (χ3n) is 4.14. The van der Waals surface area contributed by atoms with E-state index in [-0.39, 0.29) is 15.3 Å². The van der Waals surface area contributed by atoms with Crippen molar-refractivity contribution in [1.82, 2.24) is 9.29 Å². The lowest BCUT2D eigenvalue weighted by Gasteiger charge is -2.38. The van der Waals surface area contributed by atoms with Gasteiger partial charge in [-0.1, -0.05) is 31.9 Å². The lowest BCUT2D eigenvalue weighted by Crippen LogP contribution is -2.41. The number of pyridine rings is 1. The summed E-state index contributed by atoms with van der Waals surface area (Å²) in [6, 6.07) is 1.51. The number of hydrogen-bond acceptors (Lipinski definition) is 3. The summed E-state index contributed by atoms with van der Waals surface area (Å²) >= 11 is 5.97. The van der Waals surface area contributed by atoms with Crippen LogP contribution in [0.3, 0.4) is 0 Å². The molecule has 0 amide bonds. The summed E-state index contributed by atoms with van der Waals surface area (Å²) in [6.45, 7) is 5.48. The molecule has 2 heterocycles. The summed E-state index contributed by atoms with van der Waals surface area (Å²) in [5, 5.41) is 0.235. The van der Waals surface area contributed by atoms with Crippen molar-refractivity contribution in [3.05, 3.63) is 23.5 Å². The Morgan fingerprint density at radius 1 is 1.42 bits per heavy atom. The fraction of sp³-hybridized carbons (Fsp3) is 0.615. The van der Waals surface area contributed by atoms with Crippen molar-refractivity contribution in [2.24, 2.45) is 5.41 Å². The van der Waals surface area contributed by atoms with Crippen molar-refractivity contribution in [3.63, 3.8) is 0 Å². The second-order valence-corrected chi connectivity index (χ2v) is 7.69. The van der Waals surface area contributed by atoms with Crippen LogP contribution < -0.4 is 0 Å². The molecule has 1 aromatic rings. The van der Waals surface area contributed by atoms with Crippen LogP contribution >= 0.6 is 11.6 Å². The van der Waals surface area contributed by atoms with E-state index in [0.29, 0.717) is 13.1 Å². The molecule has 0 N–H and O–H groups in total. The highest BCUT2D eigenvalue weighted by atomic mass is 35.5. The summed E-state index contributed by atoms with van der Waals surface area (Å²) in [6.07, 6.45) is 5.67. The molecule has 0 radical (unpaired) electrons. The van der Waals surface area contributed by atoms with Crippen molar-refractivity contribution in [2.45, 2.75) is 38.0 Å². The Morgan fingerprint density at radius 2 is 2.05 bits per heavy atom. The molecule has 0 atom stereocenters. The Balaban J connectivity index is 2.22. The van der Waals surface area contributed by atoms with E-state index < -0.39 is 10.0 Å². The molecular weight excluding hydrogens is 284 g/mol. The number of sulfonamides is 1. The quantitative estimate of drug-likeness (QED) is 0.862. The highest BCUT2D eigenvalue weighted by Crippen LogP contribution is 2.36. The molecular formula is C13H19ClN2O2S. The average molecular weight is 303 g/mol. The molecule has 19 heavy (non-hydrogen) atoms. The van der Waals surface area contributed by atoms with Gasteiger partial charge in [0.1, 0.15) is 4.90 Å². The Kier molecular flexibility index (Phi) is 4.18.